The number of aromatic nitrogens is 1. The van der Waals surface area contributed by atoms with E-state index in [0.717, 1.165) is 54.2 Å². The highest BCUT2D eigenvalue weighted by Gasteiger charge is 2.51. The summed E-state index contributed by atoms with van der Waals surface area (Å²) in [7, 11) is 0. The van der Waals surface area contributed by atoms with Gasteiger partial charge in [-0.15, -0.1) is 0 Å². The molecule has 3 unspecified atom stereocenters. The summed E-state index contributed by atoms with van der Waals surface area (Å²) < 4.78 is 0. The molecule has 1 aromatic heterocycles. The standard InChI is InChI=1S/C27H34N4O4/c1-15-3-6-19(32)11-21(15)27-7-8-31(14-17-4-5-17)16(2)22(27)10-18-9-20(25(34)29-13-24(28)33)26(35)30-23(18)12-27/h3,6,9,11,16-17,22,32H,4-5,7-8,10,12-14H2,1-2H3,(H2,28,33)(H,29,34)(H,30,35). The van der Waals surface area contributed by atoms with Gasteiger partial charge in [-0.25, -0.2) is 0 Å². The second-order valence-corrected chi connectivity index (χ2v) is 10.7. The highest BCUT2D eigenvalue weighted by atomic mass is 16.3. The molecule has 2 amide bonds. The highest BCUT2D eigenvalue weighted by Crippen LogP contribution is 2.51. The van der Waals surface area contributed by atoms with Gasteiger partial charge in [-0.2, -0.15) is 0 Å². The minimum absolute atomic E-state index is 0.00401. The molecule has 3 atom stereocenters. The van der Waals surface area contributed by atoms with Crippen LogP contribution < -0.4 is 16.6 Å². The van der Waals surface area contributed by atoms with Crippen molar-refractivity contribution >= 4 is 11.8 Å². The minimum Gasteiger partial charge on any atom is -0.508 e. The molecule has 3 aliphatic rings. The molecule has 1 saturated heterocycles. The molecule has 1 saturated carbocycles. The maximum Gasteiger partial charge on any atom is 0.261 e. The van der Waals surface area contributed by atoms with Gasteiger partial charge in [0.2, 0.25) is 5.91 Å². The smallest absolute Gasteiger partial charge is 0.261 e. The summed E-state index contributed by atoms with van der Waals surface area (Å²) in [6, 6.07) is 7.61. The Morgan fingerprint density at radius 3 is 2.77 bits per heavy atom. The molecule has 2 aliphatic carbocycles. The number of piperidine rings is 1. The van der Waals surface area contributed by atoms with E-state index in [1.807, 2.05) is 12.1 Å². The summed E-state index contributed by atoms with van der Waals surface area (Å²) in [4.78, 5) is 42.1. The molecule has 8 heteroatoms. The second kappa shape index (κ2) is 8.82. The van der Waals surface area contributed by atoms with E-state index >= 15 is 0 Å². The van der Waals surface area contributed by atoms with Crippen LogP contribution in [0, 0.1) is 18.8 Å². The van der Waals surface area contributed by atoms with Gasteiger partial charge in [0.15, 0.2) is 0 Å². The van der Waals surface area contributed by atoms with Crippen LogP contribution in [0.25, 0.3) is 0 Å². The Morgan fingerprint density at radius 1 is 1.29 bits per heavy atom. The predicted molar refractivity (Wildman–Crippen MR) is 132 cm³/mol. The molecule has 2 fully saturated rings. The SMILES string of the molecule is Cc1ccc(O)cc1C12CCN(CC3CC3)C(C)C1Cc1cc(C(=O)NCC(N)=O)c(=O)[nH]c1C2. The predicted octanol–water partition coefficient (Wildman–Crippen LogP) is 1.76. The van der Waals surface area contributed by atoms with Crippen molar-refractivity contribution in [3.05, 3.63) is 62.6 Å². The lowest BCUT2D eigenvalue weighted by Gasteiger charge is -2.55. The van der Waals surface area contributed by atoms with E-state index in [-0.39, 0.29) is 29.2 Å². The van der Waals surface area contributed by atoms with Gasteiger partial charge >= 0.3 is 0 Å². The number of aromatic hydroxyl groups is 1. The number of benzene rings is 1. The number of phenolic OH excluding ortho intramolecular Hbond substituents is 1. The molecule has 0 bridgehead atoms. The molecule has 1 aliphatic heterocycles. The molecule has 5 rings (SSSR count). The Morgan fingerprint density at radius 2 is 2.06 bits per heavy atom. The fraction of sp³-hybridized carbons (Fsp3) is 0.519. The number of nitrogens with one attached hydrogen (secondary N) is 2. The number of amides is 2. The van der Waals surface area contributed by atoms with Crippen molar-refractivity contribution in [2.24, 2.45) is 17.6 Å². The normalized spacial score (nSPS) is 26.0. The van der Waals surface area contributed by atoms with E-state index < -0.39 is 17.4 Å². The highest BCUT2D eigenvalue weighted by molar-refractivity contribution is 5.96. The van der Waals surface area contributed by atoms with Crippen LogP contribution in [0.5, 0.6) is 5.75 Å². The van der Waals surface area contributed by atoms with Gasteiger partial charge in [0.1, 0.15) is 11.3 Å². The summed E-state index contributed by atoms with van der Waals surface area (Å²) in [5, 5.41) is 12.8. The Balaban J connectivity index is 1.56. The number of aryl methyl sites for hydroxylation is 1. The third-order valence-electron chi connectivity index (χ3n) is 8.48. The quantitative estimate of drug-likeness (QED) is 0.503. The number of likely N-dealkylation sites (tertiary alicyclic amines) is 1. The van der Waals surface area contributed by atoms with Gasteiger partial charge in [0.05, 0.1) is 6.54 Å². The second-order valence-electron chi connectivity index (χ2n) is 10.7. The molecule has 5 N–H and O–H groups in total. The Kier molecular flexibility index (Phi) is 5.95. The molecular formula is C27H34N4O4. The van der Waals surface area contributed by atoms with Crippen LogP contribution in [-0.4, -0.2) is 52.5 Å². The molecule has 2 heterocycles. The first-order valence-corrected chi connectivity index (χ1v) is 12.5. The third-order valence-corrected chi connectivity index (χ3v) is 8.48. The van der Waals surface area contributed by atoms with Gasteiger partial charge in [-0.1, -0.05) is 6.07 Å². The molecule has 186 valence electrons. The Hall–Kier alpha value is -3.13. The molecule has 35 heavy (non-hydrogen) atoms. The number of phenols is 1. The van der Waals surface area contributed by atoms with Crippen molar-refractivity contribution in [2.75, 3.05) is 19.6 Å². The van der Waals surface area contributed by atoms with Gasteiger partial charge < -0.3 is 26.0 Å². The summed E-state index contributed by atoms with van der Waals surface area (Å²) in [6.45, 7) is 6.18. The van der Waals surface area contributed by atoms with E-state index in [9.17, 15) is 19.5 Å². The number of fused-ring (bicyclic) bond motifs is 2. The van der Waals surface area contributed by atoms with E-state index in [1.54, 1.807) is 12.1 Å². The molecule has 0 radical (unpaired) electrons. The number of carbonyl (C=O) groups excluding carboxylic acids is 2. The number of primary amides is 1. The average Bonchev–Trinajstić information content (AvgIpc) is 3.64. The van der Waals surface area contributed by atoms with Gasteiger partial charge in [0, 0.05) is 23.7 Å². The largest absolute Gasteiger partial charge is 0.508 e. The third kappa shape index (κ3) is 4.35. The number of hydrogen-bond acceptors (Lipinski definition) is 5. The van der Waals surface area contributed by atoms with Crippen molar-refractivity contribution in [1.82, 2.24) is 15.2 Å². The number of hydrogen-bond donors (Lipinski definition) is 4. The van der Waals surface area contributed by atoms with Gasteiger partial charge in [-0.3, -0.25) is 14.4 Å². The molecule has 2 aromatic rings. The fourth-order valence-corrected chi connectivity index (χ4v) is 6.43. The first kappa shape index (κ1) is 23.6. The average molecular weight is 479 g/mol. The van der Waals surface area contributed by atoms with Gasteiger partial charge in [0.25, 0.3) is 11.5 Å². The van der Waals surface area contributed by atoms with Crippen molar-refractivity contribution in [3.63, 3.8) is 0 Å². The number of aromatic amines is 1. The number of nitrogens with two attached hydrogens (primary N) is 1. The lowest BCUT2D eigenvalue weighted by molar-refractivity contribution is -0.117. The summed E-state index contributed by atoms with van der Waals surface area (Å²) >= 11 is 0. The summed E-state index contributed by atoms with van der Waals surface area (Å²) in [5.74, 6) is 0.0505. The van der Waals surface area contributed by atoms with E-state index in [0.29, 0.717) is 12.5 Å². The van der Waals surface area contributed by atoms with Gasteiger partial charge in [-0.05, 0) is 99.2 Å². The number of nitrogens with zero attached hydrogens (tertiary/aromatic N) is 1. The van der Waals surface area contributed by atoms with Crippen molar-refractivity contribution in [1.29, 1.82) is 0 Å². The molecule has 1 aromatic carbocycles. The lowest BCUT2D eigenvalue weighted by atomic mass is 9.55. The van der Waals surface area contributed by atoms with Crippen LogP contribution >= 0.6 is 0 Å². The van der Waals surface area contributed by atoms with E-state index in [1.165, 1.54) is 12.8 Å². The zero-order valence-corrected chi connectivity index (χ0v) is 20.4. The summed E-state index contributed by atoms with van der Waals surface area (Å²) in [6.07, 6.45) is 4.93. The van der Waals surface area contributed by atoms with Crippen LogP contribution in [0.1, 0.15) is 58.9 Å². The zero-order chi connectivity index (χ0) is 24.9. The van der Waals surface area contributed by atoms with Crippen LogP contribution in [0.15, 0.2) is 29.1 Å². The first-order chi connectivity index (χ1) is 16.7. The Bertz CT molecular complexity index is 1230. The maximum absolute atomic E-state index is 12.9. The summed E-state index contributed by atoms with van der Waals surface area (Å²) in [5.41, 5.74) is 8.57. The zero-order valence-electron chi connectivity index (χ0n) is 20.4. The minimum atomic E-state index is -0.661. The molecular weight excluding hydrogens is 444 g/mol. The fourth-order valence-electron chi connectivity index (χ4n) is 6.43. The van der Waals surface area contributed by atoms with Crippen LogP contribution in [0.2, 0.25) is 0 Å². The number of H-pyrrole nitrogens is 1. The maximum atomic E-state index is 12.9. The van der Waals surface area contributed by atoms with Crippen LogP contribution in [0.4, 0.5) is 0 Å². The van der Waals surface area contributed by atoms with E-state index in [2.05, 4.69) is 29.0 Å². The van der Waals surface area contributed by atoms with Crippen molar-refractivity contribution in [3.8, 4) is 5.75 Å². The van der Waals surface area contributed by atoms with E-state index in [4.69, 9.17) is 5.73 Å². The van der Waals surface area contributed by atoms with Crippen molar-refractivity contribution in [2.45, 2.75) is 57.4 Å². The van der Waals surface area contributed by atoms with Crippen LogP contribution in [-0.2, 0) is 23.1 Å². The van der Waals surface area contributed by atoms with Crippen molar-refractivity contribution < 1.29 is 14.7 Å². The number of pyridine rings is 1. The molecule has 0 spiro atoms. The first-order valence-electron chi connectivity index (χ1n) is 12.5. The monoisotopic (exact) mass is 478 g/mol. The molecule has 8 nitrogen and oxygen atoms in total. The lowest BCUT2D eigenvalue weighted by Crippen LogP contribution is -2.59. The van der Waals surface area contributed by atoms with Crippen LogP contribution in [0.3, 0.4) is 0 Å². The number of rotatable bonds is 6. The topological polar surface area (TPSA) is 129 Å². The Labute approximate surface area is 204 Å². The number of carbonyl (C=O) groups is 2.